The molecule has 2 N–H and O–H groups in total. The summed E-state index contributed by atoms with van der Waals surface area (Å²) < 4.78 is 0. The van der Waals surface area contributed by atoms with E-state index in [2.05, 4.69) is 33.7 Å². The molecule has 2 aromatic carbocycles. The number of para-hydroxylation sites is 1. The van der Waals surface area contributed by atoms with Crippen molar-refractivity contribution in [3.05, 3.63) is 65.2 Å². The number of amides is 2. The van der Waals surface area contributed by atoms with Gasteiger partial charge in [-0.15, -0.1) is 0 Å². The van der Waals surface area contributed by atoms with Crippen LogP contribution in [-0.2, 0) is 17.8 Å². The van der Waals surface area contributed by atoms with Gasteiger partial charge in [-0.1, -0.05) is 50.2 Å². The third-order valence-electron chi connectivity index (χ3n) is 4.69. The monoisotopic (exact) mass is 365 g/mol. The van der Waals surface area contributed by atoms with Gasteiger partial charge in [0.25, 0.3) is 5.91 Å². The minimum absolute atomic E-state index is 0.0986. The lowest BCUT2D eigenvalue weighted by Gasteiger charge is -2.28. The first-order valence-electron chi connectivity index (χ1n) is 9.49. The molecule has 0 saturated heterocycles. The van der Waals surface area contributed by atoms with Crippen LogP contribution in [0.5, 0.6) is 0 Å². The lowest BCUT2D eigenvalue weighted by Crippen LogP contribution is -2.37. The van der Waals surface area contributed by atoms with Crippen LogP contribution in [0, 0.1) is 5.92 Å². The molecule has 3 rings (SSSR count). The summed E-state index contributed by atoms with van der Waals surface area (Å²) in [6.07, 6.45) is 0.956. The summed E-state index contributed by atoms with van der Waals surface area (Å²) in [5.74, 6) is 0.114. The number of nitrogens with one attached hydrogen (secondary N) is 2. The first-order chi connectivity index (χ1) is 13.0. The zero-order valence-corrected chi connectivity index (χ0v) is 16.0. The molecule has 0 spiro atoms. The second-order valence-corrected chi connectivity index (χ2v) is 7.43. The molecule has 1 heterocycles. The molecule has 1 aliphatic heterocycles. The van der Waals surface area contributed by atoms with Gasteiger partial charge in [0, 0.05) is 19.6 Å². The third-order valence-corrected chi connectivity index (χ3v) is 4.69. The van der Waals surface area contributed by atoms with Crippen molar-refractivity contribution in [2.24, 2.45) is 5.92 Å². The molecular weight excluding hydrogens is 338 g/mol. The Morgan fingerprint density at radius 1 is 1.04 bits per heavy atom. The van der Waals surface area contributed by atoms with Gasteiger partial charge in [0.05, 0.1) is 17.8 Å². The van der Waals surface area contributed by atoms with Gasteiger partial charge in [-0.2, -0.15) is 0 Å². The minimum atomic E-state index is -0.161. The van der Waals surface area contributed by atoms with Crippen LogP contribution in [0.15, 0.2) is 48.5 Å². The van der Waals surface area contributed by atoms with Crippen LogP contribution in [0.25, 0.3) is 0 Å². The van der Waals surface area contributed by atoms with Crippen molar-refractivity contribution >= 4 is 17.5 Å². The van der Waals surface area contributed by atoms with Gasteiger partial charge in [-0.05, 0) is 35.6 Å². The highest BCUT2D eigenvalue weighted by Gasteiger charge is 2.19. The van der Waals surface area contributed by atoms with Crippen molar-refractivity contribution in [1.82, 2.24) is 10.2 Å². The average molecular weight is 365 g/mol. The molecule has 142 valence electrons. The minimum Gasteiger partial charge on any atom is -0.352 e. The standard InChI is InChI=1S/C22H27N3O2/c1-16(2)13-23-22(27)19-9-5-6-10-20(19)24-21(26)15-25-12-11-17-7-3-4-8-18(17)14-25/h3-10,16H,11-15H2,1-2H3,(H,23,27)(H,24,26). The summed E-state index contributed by atoms with van der Waals surface area (Å²) in [5.41, 5.74) is 3.70. The number of carbonyl (C=O) groups is 2. The topological polar surface area (TPSA) is 61.4 Å². The maximum absolute atomic E-state index is 12.5. The molecule has 5 heteroatoms. The molecule has 0 saturated carbocycles. The van der Waals surface area contributed by atoms with E-state index in [1.54, 1.807) is 12.1 Å². The van der Waals surface area contributed by atoms with E-state index in [1.807, 2.05) is 32.0 Å². The summed E-state index contributed by atoms with van der Waals surface area (Å²) in [6.45, 7) is 6.65. The van der Waals surface area contributed by atoms with E-state index in [9.17, 15) is 9.59 Å². The Kier molecular flexibility index (Phi) is 6.24. The second-order valence-electron chi connectivity index (χ2n) is 7.43. The number of rotatable bonds is 6. The molecule has 0 fully saturated rings. The van der Waals surface area contributed by atoms with Crippen LogP contribution in [-0.4, -0.2) is 36.3 Å². The summed E-state index contributed by atoms with van der Waals surface area (Å²) in [7, 11) is 0. The van der Waals surface area contributed by atoms with Gasteiger partial charge >= 0.3 is 0 Å². The smallest absolute Gasteiger partial charge is 0.253 e. The molecule has 5 nitrogen and oxygen atoms in total. The van der Waals surface area contributed by atoms with E-state index in [0.29, 0.717) is 30.3 Å². The molecule has 0 radical (unpaired) electrons. The number of hydrogen-bond acceptors (Lipinski definition) is 3. The van der Waals surface area contributed by atoms with Gasteiger partial charge in [0.2, 0.25) is 5.91 Å². The van der Waals surface area contributed by atoms with Crippen molar-refractivity contribution in [3.63, 3.8) is 0 Å². The van der Waals surface area contributed by atoms with E-state index in [4.69, 9.17) is 0 Å². The highest BCUT2D eigenvalue weighted by atomic mass is 16.2. The number of carbonyl (C=O) groups excluding carboxylic acids is 2. The van der Waals surface area contributed by atoms with E-state index >= 15 is 0 Å². The van der Waals surface area contributed by atoms with Crippen LogP contribution in [0.4, 0.5) is 5.69 Å². The fraction of sp³-hybridized carbons (Fsp3) is 0.364. The number of anilines is 1. The Hall–Kier alpha value is -2.66. The van der Waals surface area contributed by atoms with E-state index < -0.39 is 0 Å². The molecule has 0 atom stereocenters. The van der Waals surface area contributed by atoms with Crippen molar-refractivity contribution in [1.29, 1.82) is 0 Å². The zero-order chi connectivity index (χ0) is 19.2. The maximum atomic E-state index is 12.5. The Balaban J connectivity index is 1.61. The van der Waals surface area contributed by atoms with Crippen LogP contribution in [0.2, 0.25) is 0 Å². The zero-order valence-electron chi connectivity index (χ0n) is 16.0. The molecule has 0 unspecified atom stereocenters. The summed E-state index contributed by atoms with van der Waals surface area (Å²) in [4.78, 5) is 27.1. The van der Waals surface area contributed by atoms with Crippen LogP contribution in [0.1, 0.15) is 35.3 Å². The highest BCUT2D eigenvalue weighted by molar-refractivity contribution is 6.04. The van der Waals surface area contributed by atoms with Gasteiger partial charge in [-0.3, -0.25) is 14.5 Å². The van der Waals surface area contributed by atoms with E-state index in [0.717, 1.165) is 19.5 Å². The van der Waals surface area contributed by atoms with Crippen molar-refractivity contribution in [2.75, 3.05) is 25.0 Å². The van der Waals surface area contributed by atoms with Crippen molar-refractivity contribution < 1.29 is 9.59 Å². The normalized spacial score (nSPS) is 13.9. The molecule has 27 heavy (non-hydrogen) atoms. The fourth-order valence-corrected chi connectivity index (χ4v) is 3.26. The molecule has 0 aromatic heterocycles. The first kappa shape index (κ1) is 19.1. The Bertz CT molecular complexity index is 817. The Labute approximate surface area is 160 Å². The number of fused-ring (bicyclic) bond motifs is 1. The predicted octanol–water partition coefficient (Wildman–Crippen LogP) is 3.07. The summed E-state index contributed by atoms with van der Waals surface area (Å²) in [5, 5.41) is 5.81. The molecule has 0 bridgehead atoms. The summed E-state index contributed by atoms with van der Waals surface area (Å²) in [6, 6.07) is 15.5. The van der Waals surface area contributed by atoms with Crippen LogP contribution in [0.3, 0.4) is 0 Å². The lowest BCUT2D eigenvalue weighted by molar-refractivity contribution is -0.117. The third kappa shape index (κ3) is 5.17. The molecule has 2 aromatic rings. The fourth-order valence-electron chi connectivity index (χ4n) is 3.26. The number of benzene rings is 2. The van der Waals surface area contributed by atoms with Crippen LogP contribution < -0.4 is 10.6 Å². The largest absolute Gasteiger partial charge is 0.352 e. The predicted molar refractivity (Wildman–Crippen MR) is 108 cm³/mol. The Morgan fingerprint density at radius 3 is 2.52 bits per heavy atom. The number of hydrogen-bond donors (Lipinski definition) is 2. The highest BCUT2D eigenvalue weighted by Crippen LogP contribution is 2.19. The molecule has 2 amide bonds. The van der Waals surface area contributed by atoms with Gasteiger partial charge in [0.1, 0.15) is 0 Å². The van der Waals surface area contributed by atoms with Crippen LogP contribution >= 0.6 is 0 Å². The van der Waals surface area contributed by atoms with Gasteiger partial charge in [-0.25, -0.2) is 0 Å². The molecular formula is C22H27N3O2. The SMILES string of the molecule is CC(C)CNC(=O)c1ccccc1NC(=O)CN1CCc2ccccc2C1. The van der Waals surface area contributed by atoms with Gasteiger partial charge in [0.15, 0.2) is 0 Å². The number of nitrogens with zero attached hydrogens (tertiary/aromatic N) is 1. The molecule has 0 aliphatic carbocycles. The quantitative estimate of drug-likeness (QED) is 0.827. The van der Waals surface area contributed by atoms with Crippen molar-refractivity contribution in [2.45, 2.75) is 26.8 Å². The average Bonchev–Trinajstić information content (AvgIpc) is 2.66. The van der Waals surface area contributed by atoms with Crippen molar-refractivity contribution in [3.8, 4) is 0 Å². The Morgan fingerprint density at radius 2 is 1.74 bits per heavy atom. The molecule has 1 aliphatic rings. The van der Waals surface area contributed by atoms with E-state index in [-0.39, 0.29) is 11.8 Å². The summed E-state index contributed by atoms with van der Waals surface area (Å²) >= 11 is 0. The van der Waals surface area contributed by atoms with E-state index in [1.165, 1.54) is 11.1 Å². The lowest BCUT2D eigenvalue weighted by atomic mass is 10.00. The maximum Gasteiger partial charge on any atom is 0.253 e. The van der Waals surface area contributed by atoms with Gasteiger partial charge < -0.3 is 10.6 Å². The second kappa shape index (κ2) is 8.82. The first-order valence-corrected chi connectivity index (χ1v) is 9.49.